The molecule has 114 valence electrons. The van der Waals surface area contributed by atoms with Gasteiger partial charge < -0.3 is 10.2 Å². The van der Waals surface area contributed by atoms with Crippen molar-refractivity contribution in [2.24, 2.45) is 5.92 Å². The molecule has 21 heavy (non-hydrogen) atoms. The van der Waals surface area contributed by atoms with Gasteiger partial charge in [0.05, 0.1) is 18.3 Å². The van der Waals surface area contributed by atoms with Gasteiger partial charge in [0.1, 0.15) is 0 Å². The number of amides is 1. The maximum Gasteiger partial charge on any atom is 0.279 e. The number of piperidine rings is 1. The van der Waals surface area contributed by atoms with Gasteiger partial charge in [-0.25, -0.2) is 0 Å². The number of likely N-dealkylation sites (tertiary alicyclic amines) is 1. The van der Waals surface area contributed by atoms with Crippen molar-refractivity contribution >= 4 is 27.5 Å². The van der Waals surface area contributed by atoms with Crippen LogP contribution in [0.2, 0.25) is 0 Å². The summed E-state index contributed by atoms with van der Waals surface area (Å²) in [6.07, 6.45) is 8.06. The number of anilines is 1. The first kappa shape index (κ1) is 15.0. The molecule has 0 bridgehead atoms. The van der Waals surface area contributed by atoms with Crippen molar-refractivity contribution in [3.8, 4) is 0 Å². The minimum Gasteiger partial charge on any atom is -0.324 e. The first-order chi connectivity index (χ1) is 10.2. The van der Waals surface area contributed by atoms with E-state index in [1.54, 1.807) is 0 Å². The average Bonchev–Trinajstić information content (AvgIpc) is 2.50. The Hall–Kier alpha value is -0.870. The third-order valence-electron chi connectivity index (χ3n) is 5.04. The van der Waals surface area contributed by atoms with Crippen LogP contribution in [0.4, 0.5) is 5.69 Å². The number of benzene rings is 1. The van der Waals surface area contributed by atoms with Crippen molar-refractivity contribution in [1.29, 1.82) is 0 Å². The van der Waals surface area contributed by atoms with Crippen LogP contribution in [-0.4, -0.2) is 25.0 Å². The highest BCUT2D eigenvalue weighted by atomic mass is 79.9. The van der Waals surface area contributed by atoms with E-state index < -0.39 is 0 Å². The third-order valence-corrected chi connectivity index (χ3v) is 5.73. The summed E-state index contributed by atoms with van der Waals surface area (Å²) in [4.78, 5) is 13.9. The smallest absolute Gasteiger partial charge is 0.279 e. The molecule has 1 saturated carbocycles. The van der Waals surface area contributed by atoms with E-state index in [4.69, 9.17) is 0 Å². The van der Waals surface area contributed by atoms with E-state index >= 15 is 0 Å². The number of carbonyl (C=O) groups excluding carboxylic acids is 1. The van der Waals surface area contributed by atoms with E-state index in [-0.39, 0.29) is 5.91 Å². The molecule has 2 N–H and O–H groups in total. The van der Waals surface area contributed by atoms with Gasteiger partial charge in [0.25, 0.3) is 5.91 Å². The molecule has 1 unspecified atom stereocenters. The molecule has 1 aliphatic carbocycles. The topological polar surface area (TPSA) is 33.5 Å². The lowest BCUT2D eigenvalue weighted by atomic mass is 9.78. The van der Waals surface area contributed by atoms with Gasteiger partial charge >= 0.3 is 0 Å². The van der Waals surface area contributed by atoms with Crippen LogP contribution < -0.4 is 10.2 Å². The molecule has 0 aromatic heterocycles. The largest absolute Gasteiger partial charge is 0.324 e. The molecule has 3 atom stereocenters. The quantitative estimate of drug-likeness (QED) is 0.862. The van der Waals surface area contributed by atoms with Crippen molar-refractivity contribution in [1.82, 2.24) is 0 Å². The summed E-state index contributed by atoms with van der Waals surface area (Å²) in [5.74, 6) is 1.00. The Balaban J connectivity index is 1.60. The zero-order chi connectivity index (χ0) is 14.7. The lowest BCUT2D eigenvalue weighted by Gasteiger charge is -2.40. The number of hydrogen-bond acceptors (Lipinski definition) is 1. The maximum absolute atomic E-state index is 12.4. The number of rotatable bonds is 3. The summed E-state index contributed by atoms with van der Waals surface area (Å²) in [7, 11) is 0. The predicted octanol–water partition coefficient (Wildman–Crippen LogP) is 2.63. The molecule has 3 rings (SSSR count). The first-order valence-electron chi connectivity index (χ1n) is 8.13. The SMILES string of the molecule is O=C(C[NH+]1CCC[C@@H]2CCCC[C@@H]21)Nc1ccccc1Br. The minimum atomic E-state index is 0.142. The summed E-state index contributed by atoms with van der Waals surface area (Å²) >= 11 is 3.48. The highest BCUT2D eigenvalue weighted by molar-refractivity contribution is 9.10. The molecular weight excluding hydrogens is 328 g/mol. The van der Waals surface area contributed by atoms with Gasteiger partial charge in [0.2, 0.25) is 0 Å². The van der Waals surface area contributed by atoms with Crippen molar-refractivity contribution < 1.29 is 9.69 Å². The second kappa shape index (κ2) is 6.93. The van der Waals surface area contributed by atoms with Crippen LogP contribution in [0.25, 0.3) is 0 Å². The zero-order valence-electron chi connectivity index (χ0n) is 12.4. The number of halogens is 1. The Morgan fingerprint density at radius 2 is 1.95 bits per heavy atom. The summed E-state index contributed by atoms with van der Waals surface area (Å²) < 4.78 is 0.947. The molecule has 3 nitrogen and oxygen atoms in total. The van der Waals surface area contributed by atoms with E-state index in [2.05, 4.69) is 21.2 Å². The molecular formula is C17H24BrN2O+. The Kier molecular flexibility index (Phi) is 4.96. The van der Waals surface area contributed by atoms with Crippen LogP contribution in [0.5, 0.6) is 0 Å². The zero-order valence-corrected chi connectivity index (χ0v) is 14.0. The second-order valence-corrected chi connectivity index (χ2v) is 7.26. The summed E-state index contributed by atoms with van der Waals surface area (Å²) in [5.41, 5.74) is 0.874. The van der Waals surface area contributed by atoms with Gasteiger partial charge in [-0.1, -0.05) is 18.6 Å². The Morgan fingerprint density at radius 3 is 2.81 bits per heavy atom. The minimum absolute atomic E-state index is 0.142. The van der Waals surface area contributed by atoms with Crippen LogP contribution >= 0.6 is 15.9 Å². The van der Waals surface area contributed by atoms with Gasteiger partial charge in [0.15, 0.2) is 6.54 Å². The highest BCUT2D eigenvalue weighted by Crippen LogP contribution is 2.28. The summed E-state index contributed by atoms with van der Waals surface area (Å²) in [6.45, 7) is 1.77. The van der Waals surface area contributed by atoms with E-state index in [0.29, 0.717) is 6.54 Å². The van der Waals surface area contributed by atoms with Crippen LogP contribution in [0, 0.1) is 5.92 Å². The molecule has 0 spiro atoms. The van der Waals surface area contributed by atoms with E-state index in [0.717, 1.165) is 28.7 Å². The van der Waals surface area contributed by atoms with Crippen LogP contribution in [0.15, 0.2) is 28.7 Å². The average molecular weight is 352 g/mol. The normalized spacial score (nSPS) is 28.7. The Bertz CT molecular complexity index is 503. The van der Waals surface area contributed by atoms with Gasteiger partial charge in [0, 0.05) is 10.4 Å². The fourth-order valence-electron chi connectivity index (χ4n) is 4.05. The number of para-hydroxylation sites is 1. The molecule has 1 aromatic carbocycles. The molecule has 2 aliphatic rings. The molecule has 1 saturated heterocycles. The summed E-state index contributed by atoms with van der Waals surface area (Å²) in [5, 5.41) is 3.05. The van der Waals surface area contributed by atoms with Crippen LogP contribution in [-0.2, 0) is 4.79 Å². The van der Waals surface area contributed by atoms with Crippen molar-refractivity contribution in [2.45, 2.75) is 44.6 Å². The number of carbonyl (C=O) groups is 1. The van der Waals surface area contributed by atoms with Gasteiger partial charge in [-0.3, -0.25) is 4.79 Å². The summed E-state index contributed by atoms with van der Waals surface area (Å²) in [6, 6.07) is 8.53. The second-order valence-electron chi connectivity index (χ2n) is 6.41. The molecule has 4 heteroatoms. The molecule has 1 aliphatic heterocycles. The van der Waals surface area contributed by atoms with Crippen molar-refractivity contribution in [3.63, 3.8) is 0 Å². The molecule has 1 heterocycles. The Morgan fingerprint density at radius 1 is 1.19 bits per heavy atom. The maximum atomic E-state index is 12.4. The molecule has 0 radical (unpaired) electrons. The lowest BCUT2D eigenvalue weighted by Crippen LogP contribution is -3.18. The number of fused-ring (bicyclic) bond motifs is 1. The first-order valence-corrected chi connectivity index (χ1v) is 8.92. The standard InChI is InChI=1S/C17H23BrN2O/c18-14-8-2-3-9-15(14)19-17(21)12-20-11-5-7-13-6-1-4-10-16(13)20/h2-3,8-9,13,16H,1,4-7,10-12H2,(H,19,21)/p+1/t13-,16-/m0/s1. The Labute approximate surface area is 135 Å². The van der Waals surface area contributed by atoms with Gasteiger partial charge in [-0.15, -0.1) is 0 Å². The number of quaternary nitrogens is 1. The van der Waals surface area contributed by atoms with Crippen LogP contribution in [0.3, 0.4) is 0 Å². The third kappa shape index (κ3) is 3.67. The number of nitrogens with one attached hydrogen (secondary N) is 2. The molecule has 2 fully saturated rings. The number of hydrogen-bond donors (Lipinski definition) is 2. The molecule has 1 amide bonds. The van der Waals surface area contributed by atoms with Gasteiger partial charge in [-0.05, 0) is 60.2 Å². The van der Waals surface area contributed by atoms with E-state index in [1.807, 2.05) is 24.3 Å². The highest BCUT2D eigenvalue weighted by Gasteiger charge is 2.37. The van der Waals surface area contributed by atoms with Crippen molar-refractivity contribution in [2.75, 3.05) is 18.4 Å². The van der Waals surface area contributed by atoms with Crippen LogP contribution in [0.1, 0.15) is 38.5 Å². The fraction of sp³-hybridized carbons (Fsp3) is 0.588. The lowest BCUT2D eigenvalue weighted by molar-refractivity contribution is -0.928. The predicted molar refractivity (Wildman–Crippen MR) is 88.4 cm³/mol. The van der Waals surface area contributed by atoms with Crippen molar-refractivity contribution in [3.05, 3.63) is 28.7 Å². The van der Waals surface area contributed by atoms with E-state index in [9.17, 15) is 4.79 Å². The monoisotopic (exact) mass is 351 g/mol. The van der Waals surface area contributed by atoms with E-state index in [1.165, 1.54) is 43.4 Å². The molecule has 1 aromatic rings. The van der Waals surface area contributed by atoms with Gasteiger partial charge in [-0.2, -0.15) is 0 Å². The fourth-order valence-corrected chi connectivity index (χ4v) is 4.43.